The molecule has 0 amide bonds. The zero-order valence-corrected chi connectivity index (χ0v) is 19.1. The van der Waals surface area contributed by atoms with E-state index in [1.807, 2.05) is 0 Å². The number of benzene rings is 2. The molecule has 0 radical (unpaired) electrons. The first-order valence-electron chi connectivity index (χ1n) is 11.1. The molecule has 2 heterocycles. The van der Waals surface area contributed by atoms with Crippen molar-refractivity contribution in [2.75, 3.05) is 26.2 Å². The highest BCUT2D eigenvalue weighted by molar-refractivity contribution is 7.89. The second-order valence-electron chi connectivity index (χ2n) is 8.45. The van der Waals surface area contributed by atoms with Gasteiger partial charge < -0.3 is 9.42 Å². The fourth-order valence-electron chi connectivity index (χ4n) is 4.23. The first kappa shape index (κ1) is 24.6. The SMILES string of the molecule is O=S(=O)(NCCCCN1CCC(c2noc3cc(F)ccc23)CC1)c1ccc(C(F)(F)F)cc1. The van der Waals surface area contributed by atoms with Crippen molar-refractivity contribution in [2.45, 2.75) is 42.7 Å². The van der Waals surface area contributed by atoms with E-state index in [9.17, 15) is 26.0 Å². The van der Waals surface area contributed by atoms with Crippen molar-refractivity contribution >= 4 is 21.0 Å². The quantitative estimate of drug-likeness (QED) is 0.352. The Labute approximate surface area is 195 Å². The molecule has 0 bridgehead atoms. The number of unbranched alkanes of at least 4 members (excludes halogenated alkanes) is 1. The number of fused-ring (bicyclic) bond motifs is 1. The van der Waals surface area contributed by atoms with E-state index in [2.05, 4.69) is 14.8 Å². The number of hydrogen-bond donors (Lipinski definition) is 1. The summed E-state index contributed by atoms with van der Waals surface area (Å²) in [4.78, 5) is 2.12. The molecule has 0 unspecified atom stereocenters. The largest absolute Gasteiger partial charge is 0.416 e. The number of hydrogen-bond acceptors (Lipinski definition) is 5. The third kappa shape index (κ3) is 5.76. The summed E-state index contributed by atoms with van der Waals surface area (Å²) in [6, 6.07) is 7.90. The molecule has 184 valence electrons. The number of alkyl halides is 3. The third-order valence-corrected chi connectivity index (χ3v) is 7.60. The molecule has 1 saturated heterocycles. The molecule has 6 nitrogen and oxygen atoms in total. The second-order valence-corrected chi connectivity index (χ2v) is 10.2. The van der Waals surface area contributed by atoms with Gasteiger partial charge in [0.15, 0.2) is 5.58 Å². The molecule has 34 heavy (non-hydrogen) atoms. The predicted octanol–water partition coefficient (Wildman–Crippen LogP) is 4.92. The minimum atomic E-state index is -4.51. The molecular weight excluding hydrogens is 474 g/mol. The molecule has 4 rings (SSSR count). The van der Waals surface area contributed by atoms with Gasteiger partial charge in [-0.3, -0.25) is 0 Å². The fraction of sp³-hybridized carbons (Fsp3) is 0.435. The summed E-state index contributed by atoms with van der Waals surface area (Å²) in [5.74, 6) is -0.106. The molecule has 2 aromatic carbocycles. The van der Waals surface area contributed by atoms with Gasteiger partial charge >= 0.3 is 6.18 Å². The molecule has 1 aliphatic rings. The number of aromatic nitrogens is 1. The molecule has 1 aromatic heterocycles. The van der Waals surface area contributed by atoms with Gasteiger partial charge in [0.1, 0.15) is 5.82 Å². The number of likely N-dealkylation sites (tertiary alicyclic amines) is 1. The van der Waals surface area contributed by atoms with E-state index in [4.69, 9.17) is 4.52 Å². The van der Waals surface area contributed by atoms with Gasteiger partial charge in [-0.15, -0.1) is 0 Å². The van der Waals surface area contributed by atoms with Crippen LogP contribution in [0.5, 0.6) is 0 Å². The fourth-order valence-corrected chi connectivity index (χ4v) is 5.30. The van der Waals surface area contributed by atoms with Gasteiger partial charge in [-0.1, -0.05) is 5.16 Å². The molecule has 0 atom stereocenters. The van der Waals surface area contributed by atoms with Crippen molar-refractivity contribution in [2.24, 2.45) is 0 Å². The molecular formula is C23H25F4N3O3S. The van der Waals surface area contributed by atoms with E-state index in [1.165, 1.54) is 12.1 Å². The third-order valence-electron chi connectivity index (χ3n) is 6.12. The zero-order chi connectivity index (χ0) is 24.3. The molecule has 11 heteroatoms. The topological polar surface area (TPSA) is 75.4 Å². The summed E-state index contributed by atoms with van der Waals surface area (Å²) < 4.78 is 83.5. The van der Waals surface area contributed by atoms with E-state index < -0.39 is 21.8 Å². The van der Waals surface area contributed by atoms with Gasteiger partial charge in [0.2, 0.25) is 10.0 Å². The summed E-state index contributed by atoms with van der Waals surface area (Å²) >= 11 is 0. The van der Waals surface area contributed by atoms with Crippen LogP contribution in [0, 0.1) is 5.82 Å². The normalized spacial score (nSPS) is 16.4. The summed E-state index contributed by atoms with van der Waals surface area (Å²) in [5, 5.41) is 5.00. The van der Waals surface area contributed by atoms with Crippen molar-refractivity contribution < 1.29 is 30.5 Å². The van der Waals surface area contributed by atoms with Crippen LogP contribution in [0.15, 0.2) is 51.9 Å². The van der Waals surface area contributed by atoms with Crippen molar-refractivity contribution in [3.63, 3.8) is 0 Å². The Morgan fingerprint density at radius 2 is 1.76 bits per heavy atom. The van der Waals surface area contributed by atoms with Gasteiger partial charge in [0.25, 0.3) is 0 Å². The van der Waals surface area contributed by atoms with Gasteiger partial charge in [0, 0.05) is 23.9 Å². The van der Waals surface area contributed by atoms with Crippen LogP contribution in [0.2, 0.25) is 0 Å². The highest BCUT2D eigenvalue weighted by Gasteiger charge is 2.30. The number of nitrogens with one attached hydrogen (secondary N) is 1. The van der Waals surface area contributed by atoms with Crippen LogP contribution < -0.4 is 4.72 Å². The summed E-state index contributed by atoms with van der Waals surface area (Å²) in [6.45, 7) is 2.77. The van der Waals surface area contributed by atoms with E-state index in [1.54, 1.807) is 6.07 Å². The minimum Gasteiger partial charge on any atom is -0.356 e. The van der Waals surface area contributed by atoms with Crippen molar-refractivity contribution in [3.8, 4) is 0 Å². The van der Waals surface area contributed by atoms with Gasteiger partial charge in [-0.2, -0.15) is 13.2 Å². The first-order valence-corrected chi connectivity index (χ1v) is 12.6. The average Bonchev–Trinajstić information content (AvgIpc) is 3.22. The molecule has 0 spiro atoms. The predicted molar refractivity (Wildman–Crippen MR) is 118 cm³/mol. The maximum atomic E-state index is 13.3. The molecule has 1 aliphatic heterocycles. The van der Waals surface area contributed by atoms with Crippen LogP contribution in [0.3, 0.4) is 0 Å². The lowest BCUT2D eigenvalue weighted by Gasteiger charge is -2.31. The monoisotopic (exact) mass is 499 g/mol. The Kier molecular flexibility index (Phi) is 7.25. The zero-order valence-electron chi connectivity index (χ0n) is 18.3. The Morgan fingerprint density at radius 3 is 2.44 bits per heavy atom. The minimum absolute atomic E-state index is 0.189. The Hall–Kier alpha value is -2.50. The van der Waals surface area contributed by atoms with Crippen LogP contribution >= 0.6 is 0 Å². The van der Waals surface area contributed by atoms with Gasteiger partial charge in [-0.05, 0) is 81.7 Å². The molecule has 0 saturated carbocycles. The lowest BCUT2D eigenvalue weighted by Crippen LogP contribution is -2.34. The van der Waals surface area contributed by atoms with E-state index >= 15 is 0 Å². The van der Waals surface area contributed by atoms with E-state index in [-0.39, 0.29) is 23.2 Å². The van der Waals surface area contributed by atoms with Crippen LogP contribution in [0.25, 0.3) is 11.0 Å². The van der Waals surface area contributed by atoms with Crippen molar-refractivity contribution in [3.05, 3.63) is 59.5 Å². The number of sulfonamides is 1. The number of piperidine rings is 1. The highest BCUT2D eigenvalue weighted by Crippen LogP contribution is 2.33. The van der Waals surface area contributed by atoms with Crippen LogP contribution in [0.1, 0.15) is 42.9 Å². The van der Waals surface area contributed by atoms with Crippen LogP contribution in [-0.4, -0.2) is 44.7 Å². The Morgan fingerprint density at radius 1 is 1.06 bits per heavy atom. The number of halogens is 4. The van der Waals surface area contributed by atoms with Gasteiger partial charge in [-0.25, -0.2) is 17.5 Å². The molecule has 3 aromatic rings. The smallest absolute Gasteiger partial charge is 0.356 e. The lowest BCUT2D eigenvalue weighted by atomic mass is 9.91. The Balaban J connectivity index is 1.19. The second kappa shape index (κ2) is 10.0. The summed E-state index contributed by atoms with van der Waals surface area (Å²) in [5.41, 5.74) is 0.435. The highest BCUT2D eigenvalue weighted by atomic mass is 32.2. The maximum Gasteiger partial charge on any atom is 0.416 e. The average molecular weight is 500 g/mol. The van der Waals surface area contributed by atoms with Crippen molar-refractivity contribution in [1.29, 1.82) is 0 Å². The van der Waals surface area contributed by atoms with E-state index in [0.29, 0.717) is 12.0 Å². The summed E-state index contributed by atoms with van der Waals surface area (Å²) in [7, 11) is -3.85. The number of nitrogens with zero attached hydrogens (tertiary/aromatic N) is 2. The van der Waals surface area contributed by atoms with Gasteiger partial charge in [0.05, 0.1) is 16.2 Å². The van der Waals surface area contributed by atoms with Crippen molar-refractivity contribution in [1.82, 2.24) is 14.8 Å². The summed E-state index contributed by atoms with van der Waals surface area (Å²) in [6.07, 6.45) is -1.31. The van der Waals surface area contributed by atoms with E-state index in [0.717, 1.165) is 74.2 Å². The molecule has 1 N–H and O–H groups in total. The standard InChI is InChI=1S/C23H25F4N3O3S/c24-18-5-8-20-21(15-18)33-29-22(20)16-9-13-30(14-10-16)12-2-1-11-28-34(31,32)19-6-3-17(4-7-19)23(25,26)27/h3-8,15-16,28H,1-2,9-14H2. The van der Waals surface area contributed by atoms with Crippen LogP contribution in [0.4, 0.5) is 17.6 Å². The Bertz CT molecular complexity index is 1220. The molecule has 1 fully saturated rings. The maximum absolute atomic E-state index is 13.3. The lowest BCUT2D eigenvalue weighted by molar-refractivity contribution is -0.137. The molecule has 0 aliphatic carbocycles. The van der Waals surface area contributed by atoms with Crippen LogP contribution in [-0.2, 0) is 16.2 Å². The number of rotatable bonds is 8. The first-order chi connectivity index (χ1) is 16.1.